The quantitative estimate of drug-likeness (QED) is 0.600. The van der Waals surface area contributed by atoms with Gasteiger partial charge in [-0.15, -0.1) is 5.10 Å². The van der Waals surface area contributed by atoms with Gasteiger partial charge < -0.3 is 20.2 Å². The molecule has 3 aliphatic rings. The highest BCUT2D eigenvalue weighted by molar-refractivity contribution is 5.92. The predicted octanol–water partition coefficient (Wildman–Crippen LogP) is 3.45. The molecule has 9 nitrogen and oxygen atoms in total. The number of allylic oxidation sites excluding steroid dienone is 4. The summed E-state index contributed by atoms with van der Waals surface area (Å²) < 4.78 is 0. The first-order chi connectivity index (χ1) is 18.4. The van der Waals surface area contributed by atoms with E-state index in [1.54, 1.807) is 12.4 Å². The molecule has 0 spiro atoms. The number of nitrogens with zero attached hydrogens (tertiary/aromatic N) is 6. The zero-order chi connectivity index (χ0) is 26.6. The minimum absolute atomic E-state index is 0.0888. The average molecular weight is 518 g/mol. The first kappa shape index (κ1) is 26.3. The highest BCUT2D eigenvalue weighted by atomic mass is 16.3. The van der Waals surface area contributed by atoms with Gasteiger partial charge in [0.05, 0.1) is 24.2 Å². The molecule has 5 rings (SSSR count). The van der Waals surface area contributed by atoms with Gasteiger partial charge in [-0.05, 0) is 76.0 Å². The van der Waals surface area contributed by atoms with E-state index in [2.05, 4.69) is 74.3 Å². The van der Waals surface area contributed by atoms with Gasteiger partial charge in [-0.25, -0.2) is 9.97 Å². The van der Waals surface area contributed by atoms with Crippen LogP contribution in [0.1, 0.15) is 72.8 Å². The van der Waals surface area contributed by atoms with Crippen molar-refractivity contribution in [3.8, 4) is 0 Å². The Morgan fingerprint density at radius 2 is 1.87 bits per heavy atom. The van der Waals surface area contributed by atoms with Crippen molar-refractivity contribution in [1.82, 2.24) is 25.5 Å². The number of aliphatic hydroxyl groups excluding tert-OH is 1. The van der Waals surface area contributed by atoms with Crippen molar-refractivity contribution in [3.63, 3.8) is 0 Å². The van der Waals surface area contributed by atoms with Crippen LogP contribution in [0.4, 0.5) is 11.6 Å². The topological polar surface area (TPSA) is 107 Å². The molecule has 2 fully saturated rings. The lowest BCUT2D eigenvalue weighted by atomic mass is 9.93. The molecule has 1 atom stereocenters. The Morgan fingerprint density at radius 1 is 1.05 bits per heavy atom. The zero-order valence-corrected chi connectivity index (χ0v) is 22.7. The van der Waals surface area contributed by atoms with E-state index >= 15 is 0 Å². The van der Waals surface area contributed by atoms with Crippen LogP contribution in [0.2, 0.25) is 0 Å². The minimum Gasteiger partial charge on any atom is -0.393 e. The van der Waals surface area contributed by atoms with Gasteiger partial charge in [0.15, 0.2) is 5.82 Å². The lowest BCUT2D eigenvalue weighted by molar-refractivity contribution is 0.0863. The molecule has 0 radical (unpaired) electrons. The predicted molar refractivity (Wildman–Crippen MR) is 148 cm³/mol. The Hall–Kier alpha value is -3.33. The Morgan fingerprint density at radius 3 is 2.55 bits per heavy atom. The molecule has 38 heavy (non-hydrogen) atoms. The molecule has 3 heterocycles. The van der Waals surface area contributed by atoms with Crippen LogP contribution in [-0.4, -0.2) is 69.0 Å². The normalized spacial score (nSPS) is 23.8. The second kappa shape index (κ2) is 11.6. The van der Waals surface area contributed by atoms with Crippen molar-refractivity contribution < 1.29 is 9.90 Å². The van der Waals surface area contributed by atoms with Crippen molar-refractivity contribution in [2.45, 2.75) is 83.9 Å². The van der Waals surface area contributed by atoms with Crippen LogP contribution in [0.3, 0.4) is 0 Å². The van der Waals surface area contributed by atoms with Crippen LogP contribution in [0.5, 0.6) is 0 Å². The van der Waals surface area contributed by atoms with Gasteiger partial charge in [-0.3, -0.25) is 4.79 Å². The molecule has 0 aromatic carbocycles. The van der Waals surface area contributed by atoms with E-state index in [0.29, 0.717) is 5.69 Å². The van der Waals surface area contributed by atoms with Crippen molar-refractivity contribution in [1.29, 1.82) is 0 Å². The SMILES string of the molecule is Cc1c(CC2=CCCC=C2)nnc(N2CCN(c3cnc(C(=O)NC4CCC(O)CC4)cn3)[C@H](C)C2)c1C. The number of carbonyl (C=O) groups is 1. The Kier molecular flexibility index (Phi) is 8.02. The van der Waals surface area contributed by atoms with E-state index in [0.717, 1.165) is 81.9 Å². The van der Waals surface area contributed by atoms with E-state index in [1.165, 1.54) is 16.7 Å². The van der Waals surface area contributed by atoms with Crippen LogP contribution < -0.4 is 15.1 Å². The van der Waals surface area contributed by atoms with Gasteiger partial charge in [0.1, 0.15) is 11.5 Å². The third kappa shape index (κ3) is 5.88. The molecule has 1 saturated carbocycles. The number of amides is 1. The number of rotatable bonds is 6. The minimum atomic E-state index is -0.245. The largest absolute Gasteiger partial charge is 0.393 e. The molecule has 9 heteroatoms. The number of hydrogen-bond donors (Lipinski definition) is 2. The van der Waals surface area contributed by atoms with Gasteiger partial charge in [0.2, 0.25) is 0 Å². The Bertz CT molecular complexity index is 1200. The summed E-state index contributed by atoms with van der Waals surface area (Å²) in [6, 6.07) is 0.288. The van der Waals surface area contributed by atoms with E-state index in [-0.39, 0.29) is 24.1 Å². The van der Waals surface area contributed by atoms with Gasteiger partial charge in [0.25, 0.3) is 5.91 Å². The summed E-state index contributed by atoms with van der Waals surface area (Å²) in [6.07, 6.45) is 15.9. The molecule has 1 aliphatic heterocycles. The summed E-state index contributed by atoms with van der Waals surface area (Å²) in [6.45, 7) is 8.88. The molecule has 0 bridgehead atoms. The van der Waals surface area contributed by atoms with Gasteiger partial charge in [0, 0.05) is 38.1 Å². The lowest BCUT2D eigenvalue weighted by Gasteiger charge is -2.41. The Labute approximate surface area is 225 Å². The lowest BCUT2D eigenvalue weighted by Crippen LogP contribution is -2.53. The summed E-state index contributed by atoms with van der Waals surface area (Å²) in [7, 11) is 0. The second-order valence-electron chi connectivity index (χ2n) is 10.9. The van der Waals surface area contributed by atoms with Crippen molar-refractivity contribution in [2.75, 3.05) is 29.4 Å². The maximum absolute atomic E-state index is 12.6. The first-order valence-electron chi connectivity index (χ1n) is 13.9. The van der Waals surface area contributed by atoms with Crippen molar-refractivity contribution >= 4 is 17.5 Å². The van der Waals surface area contributed by atoms with Crippen LogP contribution in [0, 0.1) is 13.8 Å². The summed E-state index contributed by atoms with van der Waals surface area (Å²) in [5, 5.41) is 22.0. The first-order valence-corrected chi connectivity index (χ1v) is 13.9. The van der Waals surface area contributed by atoms with E-state index in [1.807, 2.05) is 0 Å². The van der Waals surface area contributed by atoms with Gasteiger partial charge in [-0.2, -0.15) is 5.10 Å². The third-order valence-electron chi connectivity index (χ3n) is 8.16. The Balaban J connectivity index is 1.20. The molecule has 2 N–H and O–H groups in total. The fourth-order valence-electron chi connectivity index (χ4n) is 5.66. The zero-order valence-electron chi connectivity index (χ0n) is 22.7. The van der Waals surface area contributed by atoms with Crippen molar-refractivity contribution in [2.24, 2.45) is 0 Å². The third-order valence-corrected chi connectivity index (χ3v) is 8.16. The van der Waals surface area contributed by atoms with E-state index in [9.17, 15) is 9.90 Å². The molecule has 2 aromatic rings. The smallest absolute Gasteiger partial charge is 0.271 e. The molecule has 2 aromatic heterocycles. The fourth-order valence-corrected chi connectivity index (χ4v) is 5.66. The maximum Gasteiger partial charge on any atom is 0.271 e. The summed E-state index contributed by atoms with van der Waals surface area (Å²) in [5.41, 5.74) is 5.11. The molecule has 1 saturated heterocycles. The average Bonchev–Trinajstić information content (AvgIpc) is 2.93. The fraction of sp³-hybridized carbons (Fsp3) is 0.552. The van der Waals surface area contributed by atoms with Gasteiger partial charge >= 0.3 is 0 Å². The number of nitrogens with one attached hydrogen (secondary N) is 1. The van der Waals surface area contributed by atoms with Crippen LogP contribution in [0.15, 0.2) is 36.2 Å². The maximum atomic E-state index is 12.6. The summed E-state index contributed by atoms with van der Waals surface area (Å²) in [4.78, 5) is 26.2. The van der Waals surface area contributed by atoms with Crippen molar-refractivity contribution in [3.05, 3.63) is 58.7 Å². The molecular weight excluding hydrogens is 478 g/mol. The van der Waals surface area contributed by atoms with E-state index in [4.69, 9.17) is 0 Å². The van der Waals surface area contributed by atoms with Crippen LogP contribution >= 0.6 is 0 Å². The second-order valence-corrected chi connectivity index (χ2v) is 10.9. The number of carbonyl (C=O) groups excluding carboxylic acids is 1. The molecule has 202 valence electrons. The monoisotopic (exact) mass is 517 g/mol. The number of hydrogen-bond acceptors (Lipinski definition) is 8. The molecule has 1 amide bonds. The van der Waals surface area contributed by atoms with Crippen LogP contribution in [0.25, 0.3) is 0 Å². The van der Waals surface area contributed by atoms with Gasteiger partial charge in [-0.1, -0.05) is 18.2 Å². The molecular formula is C29H39N7O2. The highest BCUT2D eigenvalue weighted by Gasteiger charge is 2.28. The van der Waals surface area contributed by atoms with Crippen LogP contribution in [-0.2, 0) is 6.42 Å². The number of anilines is 2. The van der Waals surface area contributed by atoms with E-state index < -0.39 is 0 Å². The number of aromatic nitrogens is 4. The standard InChI is InChI=1S/C29H39N7O2/c1-19-18-35(28-21(3)20(2)25(33-34-28)15-22-7-5-4-6-8-22)13-14-36(19)27-17-30-26(16-31-27)29(38)32-23-9-11-24(37)12-10-23/h5,7-8,16-17,19,23-24,37H,4,6,9-15,18H2,1-3H3,(H,32,38)/t19-,23?,24?/m1/s1. The summed E-state index contributed by atoms with van der Waals surface area (Å²) >= 11 is 0. The number of piperazine rings is 1. The number of aliphatic hydroxyl groups is 1. The molecule has 2 aliphatic carbocycles. The molecule has 0 unspecified atom stereocenters. The highest BCUT2D eigenvalue weighted by Crippen LogP contribution is 2.27. The summed E-state index contributed by atoms with van der Waals surface area (Å²) in [5.74, 6) is 1.53.